The molecule has 0 aromatic heterocycles. The van der Waals surface area contributed by atoms with Crippen molar-refractivity contribution in [3.05, 3.63) is 0 Å². The minimum atomic E-state index is -0.731. The van der Waals surface area contributed by atoms with E-state index in [-0.39, 0.29) is 12.5 Å². The molecular weight excluding hydrogens is 212 g/mol. The molecule has 1 saturated heterocycles. The lowest BCUT2D eigenvalue weighted by Gasteiger charge is -2.26. The Labute approximate surface area is 93.5 Å². The number of amides is 3. The van der Waals surface area contributed by atoms with E-state index < -0.39 is 11.8 Å². The molecule has 7 nitrogen and oxygen atoms in total. The summed E-state index contributed by atoms with van der Waals surface area (Å²) < 4.78 is 0. The predicted molar refractivity (Wildman–Crippen MR) is 56.5 cm³/mol. The van der Waals surface area contributed by atoms with E-state index in [2.05, 4.69) is 16.0 Å². The molecule has 1 aliphatic rings. The summed E-state index contributed by atoms with van der Waals surface area (Å²) in [7, 11) is 1.46. The molecule has 1 aliphatic heterocycles. The largest absolute Gasteiger partial charge is 0.358 e. The first-order valence-electron chi connectivity index (χ1n) is 5.13. The van der Waals surface area contributed by atoms with Crippen molar-refractivity contribution >= 4 is 17.7 Å². The van der Waals surface area contributed by atoms with Gasteiger partial charge in [0.1, 0.15) is 0 Å². The maximum atomic E-state index is 11.6. The van der Waals surface area contributed by atoms with E-state index in [9.17, 15) is 14.4 Å². The van der Waals surface area contributed by atoms with Crippen LogP contribution >= 0.6 is 0 Å². The fourth-order valence-electron chi connectivity index (χ4n) is 1.34. The van der Waals surface area contributed by atoms with Gasteiger partial charge in [-0.1, -0.05) is 0 Å². The molecular formula is C9H16N4O3. The van der Waals surface area contributed by atoms with Gasteiger partial charge in [-0.25, -0.2) is 0 Å². The van der Waals surface area contributed by atoms with Gasteiger partial charge in [-0.05, 0) is 0 Å². The van der Waals surface area contributed by atoms with Gasteiger partial charge in [-0.2, -0.15) is 0 Å². The summed E-state index contributed by atoms with van der Waals surface area (Å²) in [6.07, 6.45) is 0. The number of hydrogen-bond donors (Lipinski definition) is 3. The molecule has 0 unspecified atom stereocenters. The predicted octanol–water partition coefficient (Wildman–Crippen LogP) is -2.72. The maximum absolute atomic E-state index is 11.6. The summed E-state index contributed by atoms with van der Waals surface area (Å²) in [4.78, 5) is 35.2. The van der Waals surface area contributed by atoms with E-state index in [1.165, 1.54) is 11.9 Å². The molecule has 0 aliphatic carbocycles. The van der Waals surface area contributed by atoms with Crippen LogP contribution < -0.4 is 16.0 Å². The monoisotopic (exact) mass is 228 g/mol. The zero-order valence-electron chi connectivity index (χ0n) is 9.21. The Balaban J connectivity index is 2.35. The van der Waals surface area contributed by atoms with E-state index in [1.807, 2.05) is 0 Å². The van der Waals surface area contributed by atoms with Crippen LogP contribution in [0.25, 0.3) is 0 Å². The summed E-state index contributed by atoms with van der Waals surface area (Å²) in [6, 6.07) is 0. The van der Waals surface area contributed by atoms with Gasteiger partial charge < -0.3 is 20.9 Å². The van der Waals surface area contributed by atoms with Crippen molar-refractivity contribution in [3.63, 3.8) is 0 Å². The van der Waals surface area contributed by atoms with E-state index in [0.717, 1.165) is 0 Å². The van der Waals surface area contributed by atoms with E-state index in [4.69, 9.17) is 0 Å². The zero-order chi connectivity index (χ0) is 12.0. The first-order valence-corrected chi connectivity index (χ1v) is 5.13. The first kappa shape index (κ1) is 12.4. The minimum Gasteiger partial charge on any atom is -0.358 e. The van der Waals surface area contributed by atoms with Gasteiger partial charge in [0.05, 0.1) is 6.54 Å². The number of nitrogens with zero attached hydrogens (tertiary/aromatic N) is 1. The number of rotatable bonds is 2. The molecule has 0 spiro atoms. The van der Waals surface area contributed by atoms with Gasteiger partial charge in [0.15, 0.2) is 0 Å². The molecule has 16 heavy (non-hydrogen) atoms. The van der Waals surface area contributed by atoms with Crippen LogP contribution in [0.15, 0.2) is 0 Å². The van der Waals surface area contributed by atoms with Gasteiger partial charge >= 0.3 is 11.8 Å². The summed E-state index contributed by atoms with van der Waals surface area (Å²) in [5.74, 6) is -1.64. The molecule has 3 amide bonds. The molecule has 3 N–H and O–H groups in total. The van der Waals surface area contributed by atoms with Crippen LogP contribution in [0.1, 0.15) is 0 Å². The fourth-order valence-corrected chi connectivity index (χ4v) is 1.34. The minimum absolute atomic E-state index is 0.173. The highest BCUT2D eigenvalue weighted by atomic mass is 16.2. The Hall–Kier alpha value is -1.63. The SMILES string of the molecule is CNC(=O)CNC(=O)C(=O)N1CCNCC1. The van der Waals surface area contributed by atoms with Gasteiger partial charge in [-0.3, -0.25) is 14.4 Å². The van der Waals surface area contributed by atoms with Gasteiger partial charge in [0.2, 0.25) is 5.91 Å². The molecule has 0 radical (unpaired) electrons. The molecule has 7 heteroatoms. The van der Waals surface area contributed by atoms with Crippen LogP contribution in [-0.4, -0.2) is 62.4 Å². The van der Waals surface area contributed by atoms with Crippen LogP contribution in [0.5, 0.6) is 0 Å². The Morgan fingerprint density at radius 2 is 1.88 bits per heavy atom. The number of hydrogen-bond acceptors (Lipinski definition) is 4. The second-order valence-corrected chi connectivity index (χ2v) is 3.40. The number of carbonyl (C=O) groups excluding carboxylic acids is 3. The van der Waals surface area contributed by atoms with Gasteiger partial charge in [0.25, 0.3) is 0 Å². The third-order valence-electron chi connectivity index (χ3n) is 2.29. The molecule has 0 bridgehead atoms. The van der Waals surface area contributed by atoms with Crippen molar-refractivity contribution in [2.75, 3.05) is 39.8 Å². The van der Waals surface area contributed by atoms with Crippen LogP contribution in [0.4, 0.5) is 0 Å². The molecule has 90 valence electrons. The number of likely N-dealkylation sites (N-methyl/N-ethyl adjacent to an activating group) is 1. The van der Waals surface area contributed by atoms with Crippen LogP contribution in [-0.2, 0) is 14.4 Å². The van der Waals surface area contributed by atoms with Gasteiger partial charge in [0, 0.05) is 33.2 Å². The normalized spacial score (nSPS) is 15.4. The standard InChI is InChI=1S/C9H16N4O3/c1-10-7(14)6-12-8(15)9(16)13-4-2-11-3-5-13/h11H,2-6H2,1H3,(H,10,14)(H,12,15). The van der Waals surface area contributed by atoms with Crippen LogP contribution in [0.2, 0.25) is 0 Å². The molecule has 0 saturated carbocycles. The summed E-state index contributed by atoms with van der Waals surface area (Å²) in [5.41, 5.74) is 0. The van der Waals surface area contributed by atoms with Crippen LogP contribution in [0, 0.1) is 0 Å². The third-order valence-corrected chi connectivity index (χ3v) is 2.29. The Bertz CT molecular complexity index is 286. The lowest BCUT2D eigenvalue weighted by molar-refractivity contribution is -0.146. The molecule has 0 aromatic carbocycles. The number of carbonyl (C=O) groups is 3. The quantitative estimate of drug-likeness (QED) is 0.448. The average molecular weight is 228 g/mol. The maximum Gasteiger partial charge on any atom is 0.311 e. The highest BCUT2D eigenvalue weighted by molar-refractivity contribution is 6.35. The topological polar surface area (TPSA) is 90.5 Å². The Kier molecular flexibility index (Phi) is 4.71. The molecule has 1 fully saturated rings. The highest BCUT2D eigenvalue weighted by Crippen LogP contribution is 1.93. The van der Waals surface area contributed by atoms with Crippen molar-refractivity contribution in [2.24, 2.45) is 0 Å². The first-order chi connectivity index (χ1) is 7.65. The average Bonchev–Trinajstić information content (AvgIpc) is 2.35. The van der Waals surface area contributed by atoms with E-state index >= 15 is 0 Å². The summed E-state index contributed by atoms with van der Waals surface area (Å²) in [5, 5.41) is 7.70. The van der Waals surface area contributed by atoms with Crippen molar-refractivity contribution in [1.29, 1.82) is 0 Å². The Morgan fingerprint density at radius 3 is 2.44 bits per heavy atom. The Morgan fingerprint density at radius 1 is 1.25 bits per heavy atom. The van der Waals surface area contributed by atoms with Crippen LogP contribution in [0.3, 0.4) is 0 Å². The van der Waals surface area contributed by atoms with Crippen molar-refractivity contribution < 1.29 is 14.4 Å². The lowest BCUT2D eigenvalue weighted by atomic mass is 10.3. The zero-order valence-corrected chi connectivity index (χ0v) is 9.21. The number of nitrogens with one attached hydrogen (secondary N) is 3. The van der Waals surface area contributed by atoms with E-state index in [0.29, 0.717) is 26.2 Å². The van der Waals surface area contributed by atoms with E-state index in [1.54, 1.807) is 0 Å². The molecule has 1 heterocycles. The second kappa shape index (κ2) is 6.06. The van der Waals surface area contributed by atoms with Crippen molar-refractivity contribution in [2.45, 2.75) is 0 Å². The third kappa shape index (κ3) is 3.50. The smallest absolute Gasteiger partial charge is 0.311 e. The molecule has 1 rings (SSSR count). The molecule has 0 aromatic rings. The number of piperazine rings is 1. The fraction of sp³-hybridized carbons (Fsp3) is 0.667. The lowest BCUT2D eigenvalue weighted by Crippen LogP contribution is -2.52. The van der Waals surface area contributed by atoms with Gasteiger partial charge in [-0.15, -0.1) is 0 Å². The molecule has 0 atom stereocenters. The van der Waals surface area contributed by atoms with Crippen molar-refractivity contribution in [3.8, 4) is 0 Å². The second-order valence-electron chi connectivity index (χ2n) is 3.40. The summed E-state index contributed by atoms with van der Waals surface area (Å²) in [6.45, 7) is 2.24. The van der Waals surface area contributed by atoms with Crippen molar-refractivity contribution in [1.82, 2.24) is 20.9 Å². The summed E-state index contributed by atoms with van der Waals surface area (Å²) >= 11 is 0. The highest BCUT2D eigenvalue weighted by Gasteiger charge is 2.22.